The van der Waals surface area contributed by atoms with E-state index in [2.05, 4.69) is 75.1 Å². The molecule has 0 radical (unpaired) electrons. The lowest BCUT2D eigenvalue weighted by Gasteiger charge is -2.22. The van der Waals surface area contributed by atoms with Crippen molar-refractivity contribution in [2.75, 3.05) is 20.2 Å². The molecule has 1 fully saturated rings. The molecule has 2 heterocycles. The van der Waals surface area contributed by atoms with E-state index in [9.17, 15) is 4.79 Å². The summed E-state index contributed by atoms with van der Waals surface area (Å²) in [4.78, 5) is 19.7. The van der Waals surface area contributed by atoms with E-state index in [1.807, 2.05) is 36.4 Å². The summed E-state index contributed by atoms with van der Waals surface area (Å²) < 4.78 is 5.69. The van der Waals surface area contributed by atoms with Crippen LogP contribution in [0.3, 0.4) is 0 Å². The predicted molar refractivity (Wildman–Crippen MR) is 153 cm³/mol. The molecule has 1 saturated heterocycles. The summed E-state index contributed by atoms with van der Waals surface area (Å²) >= 11 is 0. The number of fused-ring (bicyclic) bond motifs is 1. The topological polar surface area (TPSA) is 66.5 Å². The van der Waals surface area contributed by atoms with Gasteiger partial charge in [0.2, 0.25) is 5.91 Å². The number of methoxy groups -OCH3 is 1. The lowest BCUT2D eigenvalue weighted by Crippen LogP contribution is -2.43. The second-order valence-electron chi connectivity index (χ2n) is 9.64. The normalized spacial score (nSPS) is 17.7. The molecule has 5 rings (SSSR count). The number of carbonyl (C=O) groups excluding carboxylic acids is 1. The van der Waals surface area contributed by atoms with Gasteiger partial charge in [0.25, 0.3) is 0 Å². The van der Waals surface area contributed by atoms with Crippen molar-refractivity contribution in [3.63, 3.8) is 0 Å². The van der Waals surface area contributed by atoms with Gasteiger partial charge in [0.15, 0.2) is 0 Å². The van der Waals surface area contributed by atoms with Gasteiger partial charge in [-0.1, -0.05) is 78.9 Å². The molecular weight excluding hydrogens is 472 g/mol. The van der Waals surface area contributed by atoms with Gasteiger partial charge in [0.05, 0.1) is 13.2 Å². The van der Waals surface area contributed by atoms with Crippen molar-refractivity contribution < 1.29 is 9.53 Å². The third-order valence-corrected chi connectivity index (χ3v) is 7.13. The fourth-order valence-corrected chi connectivity index (χ4v) is 5.16. The maximum Gasteiger partial charge on any atom is 0.237 e. The number of aromatic nitrogens is 1. The van der Waals surface area contributed by atoms with Gasteiger partial charge in [-0.2, -0.15) is 0 Å². The fraction of sp³-hybridized carbons (Fsp3) is 0.250. The molecule has 6 nitrogen and oxygen atoms in total. The zero-order valence-electron chi connectivity index (χ0n) is 21.7. The van der Waals surface area contributed by atoms with Crippen LogP contribution in [0.1, 0.15) is 23.1 Å². The minimum atomic E-state index is -0.209. The van der Waals surface area contributed by atoms with E-state index in [4.69, 9.17) is 4.74 Å². The first-order valence-electron chi connectivity index (χ1n) is 13.1. The Hall–Kier alpha value is -4.00. The molecule has 3 aromatic carbocycles. The zero-order valence-corrected chi connectivity index (χ0v) is 21.7. The monoisotopic (exact) mass is 506 g/mol. The van der Waals surface area contributed by atoms with Crippen LogP contribution in [0.2, 0.25) is 0 Å². The Balaban J connectivity index is 1.28. The van der Waals surface area contributed by atoms with Gasteiger partial charge in [-0.3, -0.25) is 14.7 Å². The molecule has 2 N–H and O–H groups in total. The summed E-state index contributed by atoms with van der Waals surface area (Å²) in [6, 6.07) is 26.6. The number of rotatable bonds is 10. The standard InChI is InChI=1S/C32H34N4O2/c1-38-31-16-15-26-13-5-6-14-28(26)29(31)22-34-27-19-30(32(37)35-21-25-11-7-17-33-20-25)36(23-27)18-8-12-24-9-3-2-4-10-24/h2-17,20,27,30,34H,18-19,21-23H2,1H3,(H,35,37)/t27-,30-/m0/s1. The molecule has 1 aliphatic heterocycles. The lowest BCUT2D eigenvalue weighted by molar-refractivity contribution is -0.125. The minimum absolute atomic E-state index is 0.0500. The average molecular weight is 507 g/mol. The number of ether oxygens (including phenoxy) is 1. The lowest BCUT2D eigenvalue weighted by atomic mass is 10.0. The van der Waals surface area contributed by atoms with E-state index in [-0.39, 0.29) is 18.0 Å². The molecular formula is C32H34N4O2. The minimum Gasteiger partial charge on any atom is -0.496 e. The molecule has 6 heteroatoms. The van der Waals surface area contributed by atoms with Crippen LogP contribution in [0.4, 0.5) is 0 Å². The molecule has 0 bridgehead atoms. The molecule has 4 aromatic rings. The molecule has 38 heavy (non-hydrogen) atoms. The smallest absolute Gasteiger partial charge is 0.237 e. The van der Waals surface area contributed by atoms with Gasteiger partial charge in [-0.05, 0) is 40.5 Å². The Morgan fingerprint density at radius 1 is 1.03 bits per heavy atom. The van der Waals surface area contributed by atoms with Crippen LogP contribution in [0.15, 0.2) is 97.3 Å². The van der Waals surface area contributed by atoms with Crippen LogP contribution in [0.5, 0.6) is 5.75 Å². The highest BCUT2D eigenvalue weighted by molar-refractivity contribution is 5.87. The highest BCUT2D eigenvalue weighted by atomic mass is 16.5. The maximum atomic E-state index is 13.3. The molecule has 0 aliphatic carbocycles. The van der Waals surface area contributed by atoms with Crippen molar-refractivity contribution in [3.05, 3.63) is 114 Å². The van der Waals surface area contributed by atoms with Gasteiger partial charge in [-0.25, -0.2) is 0 Å². The first-order chi connectivity index (χ1) is 18.7. The molecule has 2 atom stereocenters. The van der Waals surface area contributed by atoms with Gasteiger partial charge in [-0.15, -0.1) is 0 Å². The van der Waals surface area contributed by atoms with Crippen molar-refractivity contribution in [3.8, 4) is 5.75 Å². The van der Waals surface area contributed by atoms with Gasteiger partial charge >= 0.3 is 0 Å². The van der Waals surface area contributed by atoms with E-state index in [1.165, 1.54) is 10.8 Å². The SMILES string of the molecule is COc1ccc2ccccc2c1CN[C@H]1C[C@@H](C(=O)NCc2cccnc2)N(CC=Cc2ccccc2)C1. The number of carbonyl (C=O) groups is 1. The molecule has 0 saturated carbocycles. The molecule has 1 aromatic heterocycles. The Morgan fingerprint density at radius 2 is 1.87 bits per heavy atom. The van der Waals surface area contributed by atoms with Crippen LogP contribution in [0, 0.1) is 0 Å². The first-order valence-corrected chi connectivity index (χ1v) is 13.1. The number of pyridine rings is 1. The third-order valence-electron chi connectivity index (χ3n) is 7.13. The van der Waals surface area contributed by atoms with E-state index in [0.29, 0.717) is 19.6 Å². The highest BCUT2D eigenvalue weighted by Gasteiger charge is 2.36. The second kappa shape index (κ2) is 12.5. The summed E-state index contributed by atoms with van der Waals surface area (Å²) in [6.45, 7) is 2.64. The summed E-state index contributed by atoms with van der Waals surface area (Å²) in [6.07, 6.45) is 8.53. The molecule has 194 valence electrons. The average Bonchev–Trinajstić information content (AvgIpc) is 3.38. The summed E-state index contributed by atoms with van der Waals surface area (Å²) in [7, 11) is 1.71. The van der Waals surface area contributed by atoms with E-state index in [1.54, 1.807) is 19.5 Å². The van der Waals surface area contributed by atoms with Crippen LogP contribution in [-0.2, 0) is 17.9 Å². The van der Waals surface area contributed by atoms with Gasteiger partial charge in [0.1, 0.15) is 5.75 Å². The van der Waals surface area contributed by atoms with Crippen molar-refractivity contribution >= 4 is 22.8 Å². The number of nitrogens with zero attached hydrogens (tertiary/aromatic N) is 2. The van der Waals surface area contributed by atoms with Gasteiger partial charge < -0.3 is 15.4 Å². The third kappa shape index (κ3) is 6.28. The summed E-state index contributed by atoms with van der Waals surface area (Å²) in [5.74, 6) is 0.927. The molecule has 0 spiro atoms. The fourth-order valence-electron chi connectivity index (χ4n) is 5.16. The second-order valence-corrected chi connectivity index (χ2v) is 9.64. The van der Waals surface area contributed by atoms with Gasteiger partial charge in [0, 0.05) is 50.2 Å². The van der Waals surface area contributed by atoms with E-state index < -0.39 is 0 Å². The molecule has 1 aliphatic rings. The van der Waals surface area contributed by atoms with Crippen molar-refractivity contribution in [1.82, 2.24) is 20.5 Å². The summed E-state index contributed by atoms with van der Waals surface area (Å²) in [5, 5.41) is 9.23. The van der Waals surface area contributed by atoms with E-state index >= 15 is 0 Å². The zero-order chi connectivity index (χ0) is 26.2. The Labute approximate surface area is 224 Å². The van der Waals surface area contributed by atoms with Crippen LogP contribution in [-0.4, -0.2) is 48.1 Å². The van der Waals surface area contributed by atoms with Crippen molar-refractivity contribution in [2.45, 2.75) is 31.6 Å². The van der Waals surface area contributed by atoms with Crippen LogP contribution >= 0.6 is 0 Å². The Kier molecular flexibility index (Phi) is 8.43. The highest BCUT2D eigenvalue weighted by Crippen LogP contribution is 2.28. The van der Waals surface area contributed by atoms with E-state index in [0.717, 1.165) is 35.4 Å². The maximum absolute atomic E-state index is 13.3. The number of nitrogens with one attached hydrogen (secondary N) is 2. The largest absolute Gasteiger partial charge is 0.496 e. The number of benzene rings is 3. The first kappa shape index (κ1) is 25.6. The number of likely N-dealkylation sites (tertiary alicyclic amines) is 1. The van der Waals surface area contributed by atoms with Crippen molar-refractivity contribution in [1.29, 1.82) is 0 Å². The number of hydrogen-bond donors (Lipinski definition) is 2. The molecule has 1 amide bonds. The van der Waals surface area contributed by atoms with Crippen LogP contribution in [0.25, 0.3) is 16.8 Å². The number of amides is 1. The number of hydrogen-bond acceptors (Lipinski definition) is 5. The molecule has 0 unspecified atom stereocenters. The Bertz CT molecular complexity index is 1370. The van der Waals surface area contributed by atoms with Crippen molar-refractivity contribution in [2.24, 2.45) is 0 Å². The summed E-state index contributed by atoms with van der Waals surface area (Å²) in [5.41, 5.74) is 3.29. The Morgan fingerprint density at radius 3 is 2.68 bits per heavy atom. The predicted octanol–water partition coefficient (Wildman–Crippen LogP) is 4.81. The quantitative estimate of drug-likeness (QED) is 0.323. The van der Waals surface area contributed by atoms with Crippen LogP contribution < -0.4 is 15.4 Å².